The zero-order valence-corrected chi connectivity index (χ0v) is 18.1. The fraction of sp³-hybridized carbons (Fsp3) is 0.261. The van der Waals surface area contributed by atoms with Crippen LogP contribution in [0, 0.1) is 38.0 Å². The first-order chi connectivity index (χ1) is 16.2. The molecule has 0 bridgehead atoms. The summed E-state index contributed by atoms with van der Waals surface area (Å²) in [5.74, 6) is -3.50. The SMILES string of the molecule is C[C@@H]1C=CC[C@@H]2C(=O)N(N(Cc3ccc([N+](=O)[O-])cc3)C(=O)c3ccccc3[N+](=O)[O-])C(=O)[C@@H]12. The monoisotopic (exact) mass is 464 g/mol. The second-order valence-electron chi connectivity index (χ2n) is 8.20. The standard InChI is InChI=1S/C23H20N4O7/c1-14-5-4-7-18-20(14)23(30)25(22(18)29)24(13-15-9-11-16(12-10-15)26(31)32)21(28)17-6-2-3-8-19(17)27(33)34/h2-6,8-12,14,18,20H,7,13H2,1H3/t14-,18+,20+/m1/s1. The summed E-state index contributed by atoms with van der Waals surface area (Å²) in [5.41, 5.74) is -0.512. The number of hydrazine groups is 1. The molecule has 1 fully saturated rings. The van der Waals surface area contributed by atoms with Crippen molar-refractivity contribution in [2.75, 3.05) is 0 Å². The third-order valence-electron chi connectivity index (χ3n) is 6.14. The number of nitro benzene ring substituents is 2. The van der Waals surface area contributed by atoms with E-state index in [-0.39, 0.29) is 23.7 Å². The molecule has 0 unspecified atom stereocenters. The van der Waals surface area contributed by atoms with Gasteiger partial charge in [0.25, 0.3) is 29.1 Å². The molecular weight excluding hydrogens is 444 g/mol. The quantitative estimate of drug-likeness (QED) is 0.276. The third-order valence-corrected chi connectivity index (χ3v) is 6.14. The van der Waals surface area contributed by atoms with Gasteiger partial charge in [0, 0.05) is 18.2 Å². The van der Waals surface area contributed by atoms with E-state index in [0.29, 0.717) is 12.0 Å². The Hall–Kier alpha value is -4.41. The Morgan fingerprint density at radius 2 is 1.71 bits per heavy atom. The predicted molar refractivity (Wildman–Crippen MR) is 118 cm³/mol. The Morgan fingerprint density at radius 3 is 2.32 bits per heavy atom. The van der Waals surface area contributed by atoms with Crippen LogP contribution in [0.1, 0.15) is 29.3 Å². The number of hydrogen-bond acceptors (Lipinski definition) is 7. The van der Waals surface area contributed by atoms with E-state index in [1.807, 2.05) is 19.1 Å². The van der Waals surface area contributed by atoms with Crippen molar-refractivity contribution in [1.29, 1.82) is 0 Å². The second kappa shape index (κ2) is 8.85. The average Bonchev–Trinajstić information content (AvgIpc) is 3.08. The molecule has 11 nitrogen and oxygen atoms in total. The number of imide groups is 1. The number of rotatable bonds is 6. The molecule has 0 radical (unpaired) electrons. The zero-order chi connectivity index (χ0) is 24.6. The van der Waals surface area contributed by atoms with E-state index in [4.69, 9.17) is 0 Å². The van der Waals surface area contributed by atoms with Gasteiger partial charge in [-0.1, -0.05) is 43.3 Å². The Kier molecular flexibility index (Phi) is 5.93. The number of carbonyl (C=O) groups is 3. The molecule has 174 valence electrons. The smallest absolute Gasteiger partial charge is 0.272 e. The molecule has 3 atom stereocenters. The first-order valence-corrected chi connectivity index (χ1v) is 10.5. The molecule has 2 aromatic rings. The van der Waals surface area contributed by atoms with Crippen LogP contribution < -0.4 is 0 Å². The third kappa shape index (κ3) is 3.91. The van der Waals surface area contributed by atoms with E-state index < -0.39 is 45.1 Å². The Labute approximate surface area is 193 Å². The van der Waals surface area contributed by atoms with Gasteiger partial charge in [-0.05, 0) is 24.0 Å². The van der Waals surface area contributed by atoms with Crippen LogP contribution in [0.15, 0.2) is 60.7 Å². The first kappa shape index (κ1) is 22.8. The number of benzene rings is 2. The van der Waals surface area contributed by atoms with Gasteiger partial charge in [-0.2, -0.15) is 5.01 Å². The molecule has 2 aromatic carbocycles. The van der Waals surface area contributed by atoms with E-state index in [1.165, 1.54) is 42.5 Å². The molecule has 11 heteroatoms. The van der Waals surface area contributed by atoms with Crippen molar-refractivity contribution in [3.8, 4) is 0 Å². The first-order valence-electron chi connectivity index (χ1n) is 10.5. The highest BCUT2D eigenvalue weighted by Crippen LogP contribution is 2.40. The van der Waals surface area contributed by atoms with E-state index in [9.17, 15) is 34.6 Å². The van der Waals surface area contributed by atoms with Crippen LogP contribution in [0.3, 0.4) is 0 Å². The number of allylic oxidation sites excluding steroid dienone is 2. The van der Waals surface area contributed by atoms with Gasteiger partial charge in [0.15, 0.2) is 0 Å². The molecule has 0 N–H and O–H groups in total. The molecule has 0 saturated carbocycles. The topological polar surface area (TPSA) is 144 Å². The van der Waals surface area contributed by atoms with E-state index in [0.717, 1.165) is 16.1 Å². The maximum atomic E-state index is 13.6. The van der Waals surface area contributed by atoms with Crippen LogP contribution in [-0.2, 0) is 16.1 Å². The van der Waals surface area contributed by atoms with E-state index in [1.54, 1.807) is 0 Å². The highest BCUT2D eigenvalue weighted by atomic mass is 16.6. The van der Waals surface area contributed by atoms with Crippen LogP contribution >= 0.6 is 0 Å². The molecule has 1 saturated heterocycles. The predicted octanol–water partition coefficient (Wildman–Crippen LogP) is 3.26. The number of nitrogens with zero attached hydrogens (tertiary/aromatic N) is 4. The van der Waals surface area contributed by atoms with Crippen molar-refractivity contribution in [1.82, 2.24) is 10.0 Å². The number of non-ortho nitro benzene ring substituents is 1. The Morgan fingerprint density at radius 1 is 1.03 bits per heavy atom. The lowest BCUT2D eigenvalue weighted by Gasteiger charge is -2.30. The van der Waals surface area contributed by atoms with E-state index in [2.05, 4.69) is 0 Å². The molecule has 0 spiro atoms. The normalized spacial score (nSPS) is 21.3. The number of fused-ring (bicyclic) bond motifs is 1. The maximum Gasteiger partial charge on any atom is 0.282 e. The molecule has 1 aliphatic carbocycles. The van der Waals surface area contributed by atoms with Crippen LogP contribution in [0.5, 0.6) is 0 Å². The zero-order valence-electron chi connectivity index (χ0n) is 18.1. The van der Waals surface area contributed by atoms with Gasteiger partial charge in [-0.3, -0.25) is 34.6 Å². The Bertz CT molecular complexity index is 1220. The molecule has 1 aliphatic heterocycles. The van der Waals surface area contributed by atoms with Crippen LogP contribution in [0.2, 0.25) is 0 Å². The molecule has 0 aromatic heterocycles. The van der Waals surface area contributed by atoms with Gasteiger partial charge < -0.3 is 0 Å². The summed E-state index contributed by atoms with van der Waals surface area (Å²) >= 11 is 0. The average molecular weight is 464 g/mol. The van der Waals surface area contributed by atoms with Gasteiger partial charge in [0.05, 0.1) is 28.2 Å². The number of hydrogen-bond donors (Lipinski definition) is 0. The summed E-state index contributed by atoms with van der Waals surface area (Å²) in [6.45, 7) is 1.52. The van der Waals surface area contributed by atoms with Gasteiger partial charge >= 0.3 is 0 Å². The molecule has 1 heterocycles. The number of para-hydroxylation sites is 1. The fourth-order valence-corrected chi connectivity index (χ4v) is 4.45. The van der Waals surface area contributed by atoms with Crippen LogP contribution in [0.4, 0.5) is 11.4 Å². The van der Waals surface area contributed by atoms with Gasteiger partial charge in [0.1, 0.15) is 5.56 Å². The number of nitro groups is 2. The summed E-state index contributed by atoms with van der Waals surface area (Å²) in [4.78, 5) is 61.4. The highest BCUT2D eigenvalue weighted by Gasteiger charge is 2.53. The van der Waals surface area contributed by atoms with Crippen molar-refractivity contribution in [2.24, 2.45) is 17.8 Å². The fourth-order valence-electron chi connectivity index (χ4n) is 4.45. The van der Waals surface area contributed by atoms with Crippen molar-refractivity contribution < 1.29 is 24.2 Å². The van der Waals surface area contributed by atoms with Crippen molar-refractivity contribution in [2.45, 2.75) is 19.9 Å². The molecule has 3 amide bonds. The van der Waals surface area contributed by atoms with Crippen molar-refractivity contribution >= 4 is 29.1 Å². The minimum atomic E-state index is -0.897. The number of carbonyl (C=O) groups excluding carboxylic acids is 3. The summed E-state index contributed by atoms with van der Waals surface area (Å²) in [6, 6.07) is 10.6. The minimum Gasteiger partial charge on any atom is -0.272 e. The minimum absolute atomic E-state index is 0.167. The Balaban J connectivity index is 1.76. The lowest BCUT2D eigenvalue weighted by molar-refractivity contribution is -0.385. The van der Waals surface area contributed by atoms with Crippen molar-refractivity contribution in [3.05, 3.63) is 92.0 Å². The maximum absolute atomic E-state index is 13.6. The summed E-state index contributed by atoms with van der Waals surface area (Å²) in [6.07, 6.45) is 4.02. The lowest BCUT2D eigenvalue weighted by atomic mass is 9.78. The summed E-state index contributed by atoms with van der Waals surface area (Å²) in [7, 11) is 0. The largest absolute Gasteiger partial charge is 0.282 e. The van der Waals surface area contributed by atoms with Gasteiger partial charge in [-0.15, -0.1) is 0 Å². The highest BCUT2D eigenvalue weighted by molar-refractivity contribution is 6.08. The summed E-state index contributed by atoms with van der Waals surface area (Å²) in [5, 5.41) is 24.2. The molecule has 34 heavy (non-hydrogen) atoms. The van der Waals surface area contributed by atoms with Crippen LogP contribution in [-0.4, -0.2) is 37.6 Å². The molecular formula is C23H20N4O7. The molecule has 2 aliphatic rings. The van der Waals surface area contributed by atoms with Gasteiger partial charge in [0.2, 0.25) is 0 Å². The summed E-state index contributed by atoms with van der Waals surface area (Å²) < 4.78 is 0. The molecule has 4 rings (SSSR count). The van der Waals surface area contributed by atoms with E-state index >= 15 is 0 Å². The second-order valence-corrected chi connectivity index (χ2v) is 8.20. The number of amides is 3. The van der Waals surface area contributed by atoms with Crippen molar-refractivity contribution in [3.63, 3.8) is 0 Å². The van der Waals surface area contributed by atoms with Gasteiger partial charge in [-0.25, -0.2) is 5.01 Å². The van der Waals surface area contributed by atoms with Crippen LogP contribution in [0.25, 0.3) is 0 Å². The lowest BCUT2D eigenvalue weighted by Crippen LogP contribution is -2.50.